The van der Waals surface area contributed by atoms with Gasteiger partial charge in [0.05, 0.1) is 12.2 Å². The number of piperazine rings is 1. The van der Waals surface area contributed by atoms with E-state index in [0.29, 0.717) is 0 Å². The molecule has 1 fully saturated rings. The van der Waals surface area contributed by atoms with Gasteiger partial charge in [-0.3, -0.25) is 14.7 Å². The lowest BCUT2D eigenvalue weighted by Gasteiger charge is -2.34. The second-order valence-corrected chi connectivity index (χ2v) is 5.55. The molecule has 23 heavy (non-hydrogen) atoms. The highest BCUT2D eigenvalue weighted by atomic mass is 16.4. The van der Waals surface area contributed by atoms with E-state index < -0.39 is 5.97 Å². The van der Waals surface area contributed by atoms with E-state index in [9.17, 15) is 4.79 Å². The van der Waals surface area contributed by atoms with Crippen LogP contribution in [0.1, 0.15) is 5.82 Å². The van der Waals surface area contributed by atoms with Crippen LogP contribution in [0, 0.1) is 6.92 Å². The van der Waals surface area contributed by atoms with Gasteiger partial charge in [-0.05, 0) is 19.1 Å². The van der Waals surface area contributed by atoms with Gasteiger partial charge in [-0.25, -0.2) is 9.97 Å². The number of aliphatic carboxylic acids is 1. The molecular weight excluding hydrogens is 294 g/mol. The number of aromatic nitrogens is 3. The monoisotopic (exact) mass is 313 g/mol. The lowest BCUT2D eigenvalue weighted by Crippen LogP contribution is -2.48. The third kappa shape index (κ3) is 3.81. The number of carboxylic acid groups (broad SMARTS) is 1. The van der Waals surface area contributed by atoms with Crippen LogP contribution in [0.15, 0.2) is 30.6 Å². The van der Waals surface area contributed by atoms with Crippen molar-refractivity contribution in [2.45, 2.75) is 6.92 Å². The molecule has 0 aromatic carbocycles. The Hall–Kier alpha value is -2.54. The van der Waals surface area contributed by atoms with Crippen molar-refractivity contribution in [3.63, 3.8) is 0 Å². The molecule has 3 heterocycles. The number of pyridine rings is 1. The zero-order valence-corrected chi connectivity index (χ0v) is 13.0. The van der Waals surface area contributed by atoms with Crippen LogP contribution in [-0.4, -0.2) is 63.7 Å². The second kappa shape index (κ2) is 6.70. The molecule has 1 aliphatic rings. The highest BCUT2D eigenvalue weighted by Gasteiger charge is 2.20. The van der Waals surface area contributed by atoms with Crippen molar-refractivity contribution >= 4 is 11.8 Å². The van der Waals surface area contributed by atoms with E-state index in [2.05, 4.69) is 19.9 Å². The minimum atomic E-state index is -0.781. The van der Waals surface area contributed by atoms with Gasteiger partial charge in [0.15, 0.2) is 0 Å². The third-order valence-electron chi connectivity index (χ3n) is 3.86. The van der Waals surface area contributed by atoms with Crippen LogP contribution >= 0.6 is 0 Å². The van der Waals surface area contributed by atoms with Crippen molar-refractivity contribution in [1.82, 2.24) is 19.9 Å². The summed E-state index contributed by atoms with van der Waals surface area (Å²) in [6.45, 7) is 4.95. The number of carboxylic acids is 1. The van der Waals surface area contributed by atoms with Gasteiger partial charge in [0.1, 0.15) is 11.6 Å². The molecule has 0 amide bonds. The first-order valence-electron chi connectivity index (χ1n) is 7.57. The number of anilines is 1. The minimum Gasteiger partial charge on any atom is -0.480 e. The van der Waals surface area contributed by atoms with Crippen LogP contribution < -0.4 is 4.90 Å². The van der Waals surface area contributed by atoms with Gasteiger partial charge < -0.3 is 10.0 Å². The van der Waals surface area contributed by atoms with E-state index in [-0.39, 0.29) is 6.54 Å². The molecule has 0 bridgehead atoms. The Morgan fingerprint density at radius 2 is 1.87 bits per heavy atom. The molecule has 7 nitrogen and oxygen atoms in total. The number of hydrogen-bond donors (Lipinski definition) is 1. The van der Waals surface area contributed by atoms with Crippen LogP contribution in [0.25, 0.3) is 11.3 Å². The molecule has 120 valence electrons. The number of nitrogens with zero attached hydrogens (tertiary/aromatic N) is 5. The predicted molar refractivity (Wildman–Crippen MR) is 86.3 cm³/mol. The van der Waals surface area contributed by atoms with Crippen molar-refractivity contribution in [3.8, 4) is 11.3 Å². The zero-order chi connectivity index (χ0) is 16.2. The van der Waals surface area contributed by atoms with Gasteiger partial charge in [0, 0.05) is 50.2 Å². The Bertz CT molecular complexity index is 684. The van der Waals surface area contributed by atoms with Crippen LogP contribution in [-0.2, 0) is 4.79 Å². The number of carbonyl (C=O) groups is 1. The van der Waals surface area contributed by atoms with E-state index in [0.717, 1.165) is 49.1 Å². The summed E-state index contributed by atoms with van der Waals surface area (Å²) in [4.78, 5) is 28.0. The molecule has 0 spiro atoms. The minimum absolute atomic E-state index is 0.0961. The molecular formula is C16H19N5O2. The van der Waals surface area contributed by atoms with Gasteiger partial charge in [-0.1, -0.05) is 0 Å². The molecule has 0 unspecified atom stereocenters. The summed E-state index contributed by atoms with van der Waals surface area (Å²) in [5.41, 5.74) is 1.89. The molecule has 0 aliphatic carbocycles. The Balaban J connectivity index is 1.76. The molecule has 7 heteroatoms. The van der Waals surface area contributed by atoms with E-state index in [1.54, 1.807) is 12.4 Å². The average molecular weight is 313 g/mol. The predicted octanol–water partition coefficient (Wildman–Crippen LogP) is 1.05. The standard InChI is InChI=1S/C16H19N5O2/c1-12-18-14(13-2-4-17-5-3-13)10-15(19-12)21-8-6-20(7-9-21)11-16(22)23/h2-5,10H,6-9,11H2,1H3,(H,22,23). The Labute approximate surface area is 134 Å². The van der Waals surface area contributed by atoms with Crippen LogP contribution in [0.3, 0.4) is 0 Å². The fraction of sp³-hybridized carbons (Fsp3) is 0.375. The Morgan fingerprint density at radius 3 is 2.52 bits per heavy atom. The topological polar surface area (TPSA) is 82.5 Å². The van der Waals surface area contributed by atoms with Gasteiger partial charge in [0.25, 0.3) is 0 Å². The van der Waals surface area contributed by atoms with Crippen LogP contribution in [0.2, 0.25) is 0 Å². The molecule has 0 atom stereocenters. The maximum absolute atomic E-state index is 10.8. The second-order valence-electron chi connectivity index (χ2n) is 5.55. The molecule has 1 N–H and O–H groups in total. The number of rotatable bonds is 4. The largest absolute Gasteiger partial charge is 0.480 e. The zero-order valence-electron chi connectivity index (χ0n) is 13.0. The van der Waals surface area contributed by atoms with Gasteiger partial charge >= 0.3 is 5.97 Å². The van der Waals surface area contributed by atoms with Gasteiger partial charge in [-0.2, -0.15) is 0 Å². The maximum atomic E-state index is 10.8. The molecule has 0 radical (unpaired) electrons. The first-order chi connectivity index (χ1) is 11.1. The molecule has 3 rings (SSSR count). The van der Waals surface area contributed by atoms with E-state index in [4.69, 9.17) is 5.11 Å². The van der Waals surface area contributed by atoms with Crippen molar-refractivity contribution in [2.75, 3.05) is 37.6 Å². The normalized spacial score (nSPS) is 15.6. The molecule has 1 saturated heterocycles. The smallest absolute Gasteiger partial charge is 0.317 e. The van der Waals surface area contributed by atoms with Gasteiger partial charge in [0.2, 0.25) is 0 Å². The highest BCUT2D eigenvalue weighted by Crippen LogP contribution is 2.22. The molecule has 2 aromatic rings. The summed E-state index contributed by atoms with van der Waals surface area (Å²) in [5.74, 6) is 0.831. The number of hydrogen-bond acceptors (Lipinski definition) is 6. The SMILES string of the molecule is Cc1nc(-c2ccncc2)cc(N2CCN(CC(=O)O)CC2)n1. The highest BCUT2D eigenvalue weighted by molar-refractivity contribution is 5.69. The van der Waals surface area contributed by atoms with E-state index in [1.807, 2.05) is 30.0 Å². The van der Waals surface area contributed by atoms with Crippen molar-refractivity contribution in [3.05, 3.63) is 36.4 Å². The summed E-state index contributed by atoms with van der Waals surface area (Å²) in [6.07, 6.45) is 3.49. The van der Waals surface area contributed by atoms with Crippen LogP contribution in [0.4, 0.5) is 5.82 Å². The third-order valence-corrected chi connectivity index (χ3v) is 3.86. The fourth-order valence-electron chi connectivity index (χ4n) is 2.71. The quantitative estimate of drug-likeness (QED) is 0.903. The summed E-state index contributed by atoms with van der Waals surface area (Å²) < 4.78 is 0. The van der Waals surface area contributed by atoms with Gasteiger partial charge in [-0.15, -0.1) is 0 Å². The Morgan fingerprint density at radius 1 is 1.17 bits per heavy atom. The summed E-state index contributed by atoms with van der Waals surface area (Å²) in [5, 5.41) is 8.87. The molecule has 0 saturated carbocycles. The molecule has 1 aliphatic heterocycles. The first kappa shape index (κ1) is 15.4. The average Bonchev–Trinajstić information content (AvgIpc) is 2.55. The first-order valence-corrected chi connectivity index (χ1v) is 7.57. The fourth-order valence-corrected chi connectivity index (χ4v) is 2.71. The van der Waals surface area contributed by atoms with E-state index in [1.165, 1.54) is 0 Å². The summed E-state index contributed by atoms with van der Waals surface area (Å²) in [7, 11) is 0. The lowest BCUT2D eigenvalue weighted by atomic mass is 10.2. The summed E-state index contributed by atoms with van der Waals surface area (Å²) >= 11 is 0. The van der Waals surface area contributed by atoms with Crippen molar-refractivity contribution in [2.24, 2.45) is 0 Å². The van der Waals surface area contributed by atoms with E-state index >= 15 is 0 Å². The molecule has 2 aromatic heterocycles. The number of aryl methyl sites for hydroxylation is 1. The van der Waals surface area contributed by atoms with Crippen molar-refractivity contribution < 1.29 is 9.90 Å². The Kier molecular flexibility index (Phi) is 4.47. The van der Waals surface area contributed by atoms with Crippen LogP contribution in [0.5, 0.6) is 0 Å². The summed E-state index contributed by atoms with van der Waals surface area (Å²) in [6, 6.07) is 5.84. The lowest BCUT2D eigenvalue weighted by molar-refractivity contribution is -0.138. The maximum Gasteiger partial charge on any atom is 0.317 e. The van der Waals surface area contributed by atoms with Crippen molar-refractivity contribution in [1.29, 1.82) is 0 Å².